The lowest BCUT2D eigenvalue weighted by Gasteiger charge is -2.39. The molecule has 3 aliphatic rings. The predicted molar refractivity (Wildman–Crippen MR) is 140 cm³/mol. The molecule has 2 aliphatic carbocycles. The number of halogens is 3. The van der Waals surface area contributed by atoms with Crippen LogP contribution in [0.4, 0.5) is 13.6 Å². The molecule has 0 radical (unpaired) electrons. The van der Waals surface area contributed by atoms with Crippen LogP contribution in [0.25, 0.3) is 11.5 Å². The fourth-order valence-corrected chi connectivity index (χ4v) is 4.44. The van der Waals surface area contributed by atoms with E-state index in [-0.39, 0.29) is 65.3 Å². The van der Waals surface area contributed by atoms with E-state index in [1.807, 2.05) is 6.92 Å². The largest absolute Gasteiger partial charge is 0.489 e. The van der Waals surface area contributed by atoms with E-state index in [0.717, 1.165) is 25.7 Å². The first-order valence-electron chi connectivity index (χ1n) is 13.0. The number of amides is 3. The average Bonchev–Trinajstić information content (AvgIpc) is 3.81. The number of nitrogens with two attached hydrogens (primary N) is 1. The first kappa shape index (κ1) is 28.9. The number of nitrogens with zero attached hydrogens (tertiary/aromatic N) is 3. The summed E-state index contributed by atoms with van der Waals surface area (Å²) in [7, 11) is 0. The molecule has 214 valence electrons. The number of rotatable bonds is 9. The van der Waals surface area contributed by atoms with Crippen LogP contribution < -0.4 is 20.5 Å². The second kappa shape index (κ2) is 12.0. The van der Waals surface area contributed by atoms with Gasteiger partial charge in [-0.15, -0.1) is 12.4 Å². The maximum absolute atomic E-state index is 13.5. The summed E-state index contributed by atoms with van der Waals surface area (Å²) >= 11 is 0. The first-order chi connectivity index (χ1) is 18.2. The van der Waals surface area contributed by atoms with E-state index in [1.54, 1.807) is 16.7 Å². The number of benzene rings is 1. The van der Waals surface area contributed by atoms with Gasteiger partial charge in [-0.2, -0.15) is 8.78 Å². The molecule has 1 aromatic heterocycles. The number of piperazine rings is 1. The van der Waals surface area contributed by atoms with Crippen molar-refractivity contribution in [1.29, 1.82) is 0 Å². The number of hydrogen-bond donors (Lipinski definition) is 2. The standard InChI is InChI=1S/C26H33F2N5O5.ClH/c1-14-12-32(9-10-33(14)26(35)30-18-6-7-18)24(34)21-22(15(2)29)38-23(31-21)17-5-8-19(37-25(27)28)20(11-17)36-13-16-3-4-16;/h5,8,11,14-16,18,25H,3-4,6-7,9-10,12-13,29H2,1-2H3,(H,30,35);1H/t14-,15+;/m1./s1. The molecule has 5 rings (SSSR count). The fraction of sp³-hybridized carbons (Fsp3) is 0.577. The number of urea groups is 1. The maximum atomic E-state index is 13.5. The van der Waals surface area contributed by atoms with E-state index >= 15 is 0 Å². The highest BCUT2D eigenvalue weighted by Crippen LogP contribution is 2.37. The molecule has 3 N–H and O–H groups in total. The Morgan fingerprint density at radius 1 is 1.21 bits per heavy atom. The third kappa shape index (κ3) is 6.91. The molecule has 3 fully saturated rings. The van der Waals surface area contributed by atoms with E-state index < -0.39 is 12.7 Å². The van der Waals surface area contributed by atoms with Gasteiger partial charge in [0.25, 0.3) is 5.91 Å². The van der Waals surface area contributed by atoms with Gasteiger partial charge in [0, 0.05) is 37.3 Å². The third-order valence-corrected chi connectivity index (χ3v) is 6.93. The lowest BCUT2D eigenvalue weighted by molar-refractivity contribution is -0.0515. The molecule has 39 heavy (non-hydrogen) atoms. The van der Waals surface area contributed by atoms with Crippen molar-refractivity contribution in [2.75, 3.05) is 26.2 Å². The zero-order valence-electron chi connectivity index (χ0n) is 21.9. The highest BCUT2D eigenvalue weighted by Gasteiger charge is 2.35. The number of hydrogen-bond acceptors (Lipinski definition) is 7. The lowest BCUT2D eigenvalue weighted by Crippen LogP contribution is -2.58. The minimum Gasteiger partial charge on any atom is -0.489 e. The lowest BCUT2D eigenvalue weighted by atomic mass is 10.1. The number of alkyl halides is 2. The Morgan fingerprint density at radius 2 is 1.95 bits per heavy atom. The molecule has 3 amide bonds. The number of aromatic nitrogens is 1. The highest BCUT2D eigenvalue weighted by molar-refractivity contribution is 5.94. The first-order valence-corrected chi connectivity index (χ1v) is 13.0. The van der Waals surface area contributed by atoms with Crippen LogP contribution in [0.5, 0.6) is 11.5 Å². The van der Waals surface area contributed by atoms with Crippen LogP contribution in [0.2, 0.25) is 0 Å². The zero-order chi connectivity index (χ0) is 27.0. The SMILES string of the molecule is C[C@H](N)c1oc(-c2ccc(OC(F)F)c(OCC3CC3)c2)nc1C(=O)N1CCN(C(=O)NC2CC2)[C@H](C)C1.Cl. The molecule has 2 atom stereocenters. The van der Waals surface area contributed by atoms with Gasteiger partial charge in [-0.1, -0.05) is 0 Å². The van der Waals surface area contributed by atoms with Gasteiger partial charge in [-0.25, -0.2) is 9.78 Å². The predicted octanol–water partition coefficient (Wildman–Crippen LogP) is 4.19. The molecule has 0 unspecified atom stereocenters. The average molecular weight is 570 g/mol. The van der Waals surface area contributed by atoms with E-state index in [2.05, 4.69) is 15.0 Å². The second-order valence-electron chi connectivity index (χ2n) is 10.3. The summed E-state index contributed by atoms with van der Waals surface area (Å²) in [4.78, 5) is 33.9. The van der Waals surface area contributed by atoms with Crippen molar-refractivity contribution in [3.8, 4) is 23.0 Å². The van der Waals surface area contributed by atoms with E-state index in [9.17, 15) is 18.4 Å². The Morgan fingerprint density at radius 3 is 2.56 bits per heavy atom. The van der Waals surface area contributed by atoms with Crippen molar-refractivity contribution in [2.45, 2.75) is 64.3 Å². The fourth-order valence-electron chi connectivity index (χ4n) is 4.44. The summed E-state index contributed by atoms with van der Waals surface area (Å²) in [5.41, 5.74) is 6.65. The van der Waals surface area contributed by atoms with E-state index in [4.69, 9.17) is 14.9 Å². The molecule has 2 saturated carbocycles. The van der Waals surface area contributed by atoms with Gasteiger partial charge in [-0.05, 0) is 63.6 Å². The Hall–Kier alpha value is -3.12. The molecule has 10 nitrogen and oxygen atoms in total. The molecule has 13 heteroatoms. The summed E-state index contributed by atoms with van der Waals surface area (Å²) < 4.78 is 42.1. The summed E-state index contributed by atoms with van der Waals surface area (Å²) in [6.45, 7) is 2.08. The number of ether oxygens (including phenoxy) is 2. The molecule has 0 bridgehead atoms. The second-order valence-corrected chi connectivity index (χ2v) is 10.3. The molecule has 0 spiro atoms. The Labute approximate surface area is 231 Å². The van der Waals surface area contributed by atoms with Gasteiger partial charge >= 0.3 is 12.6 Å². The number of carbonyl (C=O) groups is 2. The molecular formula is C26H34ClF2N5O5. The van der Waals surface area contributed by atoms with E-state index in [1.165, 1.54) is 18.2 Å². The van der Waals surface area contributed by atoms with Crippen molar-refractivity contribution in [2.24, 2.45) is 11.7 Å². The molecular weight excluding hydrogens is 536 g/mol. The van der Waals surface area contributed by atoms with Crippen molar-refractivity contribution in [3.05, 3.63) is 29.7 Å². The summed E-state index contributed by atoms with van der Waals surface area (Å²) in [6.07, 6.45) is 4.07. The van der Waals surface area contributed by atoms with Gasteiger partial charge in [0.05, 0.1) is 12.6 Å². The quantitative estimate of drug-likeness (QED) is 0.464. The zero-order valence-corrected chi connectivity index (χ0v) is 22.7. The van der Waals surface area contributed by atoms with Crippen LogP contribution >= 0.6 is 12.4 Å². The van der Waals surface area contributed by atoms with Gasteiger partial charge in [0.2, 0.25) is 5.89 Å². The Bertz CT molecular complexity index is 1190. The van der Waals surface area contributed by atoms with Gasteiger partial charge in [0.15, 0.2) is 23.0 Å². The van der Waals surface area contributed by atoms with Crippen molar-refractivity contribution >= 4 is 24.3 Å². The van der Waals surface area contributed by atoms with E-state index in [0.29, 0.717) is 37.7 Å². The van der Waals surface area contributed by atoms with Crippen LogP contribution in [0.15, 0.2) is 22.6 Å². The van der Waals surface area contributed by atoms with Crippen molar-refractivity contribution < 1.29 is 32.3 Å². The normalized spacial score (nSPS) is 19.9. The van der Waals surface area contributed by atoms with Crippen LogP contribution in [-0.2, 0) is 0 Å². The Kier molecular flexibility index (Phi) is 8.85. The molecule has 1 aliphatic heterocycles. The van der Waals surface area contributed by atoms with Crippen LogP contribution in [0, 0.1) is 5.92 Å². The topological polar surface area (TPSA) is 123 Å². The minimum atomic E-state index is -3.00. The van der Waals surface area contributed by atoms with Crippen LogP contribution in [0.3, 0.4) is 0 Å². The van der Waals surface area contributed by atoms with Crippen molar-refractivity contribution in [1.82, 2.24) is 20.1 Å². The van der Waals surface area contributed by atoms with Crippen molar-refractivity contribution in [3.63, 3.8) is 0 Å². The van der Waals surface area contributed by atoms with Gasteiger partial charge in [-0.3, -0.25) is 4.79 Å². The third-order valence-electron chi connectivity index (χ3n) is 6.93. The molecule has 1 aromatic carbocycles. The van der Waals surface area contributed by atoms with Crippen LogP contribution in [0.1, 0.15) is 61.8 Å². The highest BCUT2D eigenvalue weighted by atomic mass is 35.5. The smallest absolute Gasteiger partial charge is 0.387 e. The molecule has 2 aromatic rings. The number of carbonyl (C=O) groups excluding carboxylic acids is 2. The molecule has 1 saturated heterocycles. The Balaban J connectivity index is 0.00000353. The summed E-state index contributed by atoms with van der Waals surface area (Å²) in [6, 6.07) is 3.76. The summed E-state index contributed by atoms with van der Waals surface area (Å²) in [5.74, 6) is 0.464. The minimum absolute atomic E-state index is 0. The van der Waals surface area contributed by atoms with Crippen LogP contribution in [-0.4, -0.2) is 71.7 Å². The monoisotopic (exact) mass is 569 g/mol. The summed E-state index contributed by atoms with van der Waals surface area (Å²) in [5, 5.41) is 2.99. The maximum Gasteiger partial charge on any atom is 0.387 e. The van der Waals surface area contributed by atoms with Gasteiger partial charge in [0.1, 0.15) is 0 Å². The van der Waals surface area contributed by atoms with Gasteiger partial charge < -0.3 is 34.7 Å². The number of nitrogens with one attached hydrogen (secondary N) is 1. The molecule has 2 heterocycles. The number of oxazole rings is 1.